The van der Waals surface area contributed by atoms with Gasteiger partial charge in [-0.3, -0.25) is 4.79 Å². The van der Waals surface area contributed by atoms with Crippen LogP contribution in [0.2, 0.25) is 0 Å². The Bertz CT molecular complexity index is 447. The molecule has 0 N–H and O–H groups in total. The highest BCUT2D eigenvalue weighted by Gasteiger charge is 2.49. The molecule has 3 heteroatoms. The summed E-state index contributed by atoms with van der Waals surface area (Å²) in [5, 5.41) is 0. The molecule has 1 heterocycles. The molecule has 1 aliphatic heterocycles. The van der Waals surface area contributed by atoms with Crippen molar-refractivity contribution >= 4 is 5.97 Å². The normalized spacial score (nSPS) is 25.4. The molecule has 1 spiro atoms. The minimum atomic E-state index is -0.345. The molecule has 1 unspecified atom stereocenters. The molecule has 2 aliphatic rings. The molecule has 1 atom stereocenters. The Morgan fingerprint density at radius 2 is 1.80 bits per heavy atom. The molecular weight excluding hydrogens is 252 g/mol. The highest BCUT2D eigenvalue weighted by atomic mass is 16.6. The summed E-state index contributed by atoms with van der Waals surface area (Å²) in [6, 6.07) is 10.1. The smallest absolute Gasteiger partial charge is 0.309 e. The Labute approximate surface area is 120 Å². The van der Waals surface area contributed by atoms with Crippen LogP contribution in [0.25, 0.3) is 0 Å². The van der Waals surface area contributed by atoms with Crippen molar-refractivity contribution in [3.8, 4) is 0 Å². The quantitative estimate of drug-likeness (QED) is 0.790. The number of benzene rings is 1. The Balaban J connectivity index is 1.68. The van der Waals surface area contributed by atoms with Gasteiger partial charge in [0.05, 0.1) is 13.0 Å². The minimum Gasteiger partial charge on any atom is -0.456 e. The van der Waals surface area contributed by atoms with Crippen molar-refractivity contribution in [3.63, 3.8) is 0 Å². The van der Waals surface area contributed by atoms with E-state index in [-0.39, 0.29) is 17.7 Å². The molecule has 1 aromatic rings. The van der Waals surface area contributed by atoms with Crippen molar-refractivity contribution in [1.29, 1.82) is 0 Å². The summed E-state index contributed by atoms with van der Waals surface area (Å²) in [7, 11) is 0. The van der Waals surface area contributed by atoms with Crippen LogP contribution in [0.5, 0.6) is 0 Å². The van der Waals surface area contributed by atoms with E-state index >= 15 is 0 Å². The maximum Gasteiger partial charge on any atom is 0.309 e. The molecule has 108 valence electrons. The lowest BCUT2D eigenvalue weighted by atomic mass is 9.88. The van der Waals surface area contributed by atoms with Gasteiger partial charge in [0.15, 0.2) is 0 Å². The van der Waals surface area contributed by atoms with Gasteiger partial charge in [-0.2, -0.15) is 0 Å². The Hall–Kier alpha value is -1.35. The first kappa shape index (κ1) is 13.6. The van der Waals surface area contributed by atoms with E-state index in [4.69, 9.17) is 9.47 Å². The number of ether oxygens (including phenoxy) is 2. The van der Waals surface area contributed by atoms with E-state index in [2.05, 4.69) is 12.1 Å². The Kier molecular flexibility index (Phi) is 4.06. The van der Waals surface area contributed by atoms with Gasteiger partial charge in [0, 0.05) is 0 Å². The van der Waals surface area contributed by atoms with E-state index in [9.17, 15) is 4.79 Å². The maximum atomic E-state index is 11.7. The first-order valence-corrected chi connectivity index (χ1v) is 7.66. The van der Waals surface area contributed by atoms with Crippen LogP contribution in [0, 0.1) is 0 Å². The molecule has 3 rings (SSSR count). The second kappa shape index (κ2) is 5.96. The third kappa shape index (κ3) is 2.88. The SMILES string of the molecule is O=C1CC(OCc2ccccc2)C2(CCCCCC2)O1. The number of carbonyl (C=O) groups excluding carboxylic acids is 1. The summed E-state index contributed by atoms with van der Waals surface area (Å²) in [6.45, 7) is 0.559. The van der Waals surface area contributed by atoms with Gasteiger partial charge in [-0.15, -0.1) is 0 Å². The molecule has 0 radical (unpaired) electrons. The summed E-state index contributed by atoms with van der Waals surface area (Å²) >= 11 is 0. The van der Waals surface area contributed by atoms with Crippen molar-refractivity contribution in [2.24, 2.45) is 0 Å². The van der Waals surface area contributed by atoms with Crippen LogP contribution in [0.4, 0.5) is 0 Å². The Morgan fingerprint density at radius 3 is 2.50 bits per heavy atom. The van der Waals surface area contributed by atoms with Crippen LogP contribution in [0.1, 0.15) is 50.5 Å². The minimum absolute atomic E-state index is 0.0756. The fourth-order valence-electron chi connectivity index (χ4n) is 3.40. The van der Waals surface area contributed by atoms with Crippen molar-refractivity contribution in [2.45, 2.75) is 63.3 Å². The number of rotatable bonds is 3. The lowest BCUT2D eigenvalue weighted by Gasteiger charge is -2.32. The monoisotopic (exact) mass is 274 g/mol. The molecule has 0 aromatic heterocycles. The summed E-state index contributed by atoms with van der Waals surface area (Å²) in [4.78, 5) is 11.7. The summed E-state index contributed by atoms with van der Waals surface area (Å²) in [5.41, 5.74) is 0.804. The average molecular weight is 274 g/mol. The van der Waals surface area contributed by atoms with E-state index in [1.54, 1.807) is 0 Å². The Morgan fingerprint density at radius 1 is 1.10 bits per heavy atom. The zero-order valence-electron chi connectivity index (χ0n) is 11.8. The zero-order valence-corrected chi connectivity index (χ0v) is 11.8. The third-order valence-electron chi connectivity index (χ3n) is 4.50. The first-order chi connectivity index (χ1) is 9.78. The molecular formula is C17H22O3. The molecule has 1 saturated carbocycles. The number of esters is 1. The summed E-state index contributed by atoms with van der Waals surface area (Å²) in [6.07, 6.45) is 7.00. The average Bonchev–Trinajstić information content (AvgIpc) is 2.63. The largest absolute Gasteiger partial charge is 0.456 e. The van der Waals surface area contributed by atoms with Crippen LogP contribution in [0.3, 0.4) is 0 Å². The van der Waals surface area contributed by atoms with Crippen LogP contribution < -0.4 is 0 Å². The fourth-order valence-corrected chi connectivity index (χ4v) is 3.40. The van der Waals surface area contributed by atoms with Crippen LogP contribution in [-0.4, -0.2) is 17.7 Å². The van der Waals surface area contributed by atoms with Gasteiger partial charge in [-0.25, -0.2) is 0 Å². The van der Waals surface area contributed by atoms with E-state index < -0.39 is 0 Å². The topological polar surface area (TPSA) is 35.5 Å². The van der Waals surface area contributed by atoms with Crippen molar-refractivity contribution in [2.75, 3.05) is 0 Å². The summed E-state index contributed by atoms with van der Waals surface area (Å²) in [5.74, 6) is -0.0926. The number of hydrogen-bond donors (Lipinski definition) is 0. The van der Waals surface area contributed by atoms with Gasteiger partial charge in [0.2, 0.25) is 0 Å². The van der Waals surface area contributed by atoms with Crippen LogP contribution in [-0.2, 0) is 20.9 Å². The van der Waals surface area contributed by atoms with Gasteiger partial charge < -0.3 is 9.47 Å². The van der Waals surface area contributed by atoms with E-state index in [1.165, 1.54) is 12.8 Å². The molecule has 1 saturated heterocycles. The van der Waals surface area contributed by atoms with Gasteiger partial charge in [-0.05, 0) is 31.2 Å². The van der Waals surface area contributed by atoms with Crippen molar-refractivity contribution in [1.82, 2.24) is 0 Å². The van der Waals surface area contributed by atoms with Crippen LogP contribution in [0.15, 0.2) is 30.3 Å². The second-order valence-corrected chi connectivity index (χ2v) is 5.94. The maximum absolute atomic E-state index is 11.7. The number of carbonyl (C=O) groups is 1. The third-order valence-corrected chi connectivity index (χ3v) is 4.50. The summed E-state index contributed by atoms with van der Waals surface area (Å²) < 4.78 is 11.8. The van der Waals surface area contributed by atoms with Gasteiger partial charge in [0.25, 0.3) is 0 Å². The molecule has 3 nitrogen and oxygen atoms in total. The lowest BCUT2D eigenvalue weighted by molar-refractivity contribution is -0.154. The molecule has 0 amide bonds. The molecule has 1 aliphatic carbocycles. The molecule has 2 fully saturated rings. The zero-order chi connectivity index (χ0) is 13.8. The van der Waals surface area contributed by atoms with Gasteiger partial charge in [-0.1, -0.05) is 43.2 Å². The highest BCUT2D eigenvalue weighted by molar-refractivity contribution is 5.73. The second-order valence-electron chi connectivity index (χ2n) is 5.94. The van der Waals surface area contributed by atoms with E-state index in [1.807, 2.05) is 18.2 Å². The number of hydrogen-bond acceptors (Lipinski definition) is 3. The molecule has 0 bridgehead atoms. The van der Waals surface area contributed by atoms with E-state index in [0.717, 1.165) is 31.2 Å². The fraction of sp³-hybridized carbons (Fsp3) is 0.588. The van der Waals surface area contributed by atoms with Gasteiger partial charge in [0.1, 0.15) is 11.7 Å². The molecule has 1 aromatic carbocycles. The van der Waals surface area contributed by atoms with Crippen molar-refractivity contribution in [3.05, 3.63) is 35.9 Å². The van der Waals surface area contributed by atoms with Crippen LogP contribution >= 0.6 is 0 Å². The highest BCUT2D eigenvalue weighted by Crippen LogP contribution is 2.41. The first-order valence-electron chi connectivity index (χ1n) is 7.66. The molecule has 20 heavy (non-hydrogen) atoms. The van der Waals surface area contributed by atoms with E-state index in [0.29, 0.717) is 13.0 Å². The standard InChI is InChI=1S/C17H22O3/c18-16-12-15(19-13-14-8-4-3-5-9-14)17(20-16)10-6-1-2-7-11-17/h3-5,8-9,15H,1-2,6-7,10-13H2. The predicted molar refractivity (Wildman–Crippen MR) is 76.2 cm³/mol. The predicted octanol–water partition coefficient (Wildman–Crippen LogP) is 3.61. The van der Waals surface area contributed by atoms with Gasteiger partial charge >= 0.3 is 5.97 Å². The van der Waals surface area contributed by atoms with Crippen molar-refractivity contribution < 1.29 is 14.3 Å². The lowest BCUT2D eigenvalue weighted by Crippen LogP contribution is -2.40.